The van der Waals surface area contributed by atoms with Gasteiger partial charge in [0.1, 0.15) is 23.1 Å². The maximum absolute atomic E-state index is 12.7. The van der Waals surface area contributed by atoms with Gasteiger partial charge in [0.2, 0.25) is 0 Å². The first-order valence-corrected chi connectivity index (χ1v) is 16.4. The Balaban J connectivity index is 0.000000215. The van der Waals surface area contributed by atoms with Crippen LogP contribution in [0.3, 0.4) is 0 Å². The van der Waals surface area contributed by atoms with Crippen LogP contribution in [0.5, 0.6) is 0 Å². The molecular weight excluding hydrogens is 833 g/mol. The van der Waals surface area contributed by atoms with Crippen molar-refractivity contribution in [2.75, 3.05) is 4.93 Å². The number of aryl methyl sites for hydroxylation is 1. The summed E-state index contributed by atoms with van der Waals surface area (Å²) >= 11 is 12.1. The quantitative estimate of drug-likeness (QED) is 0.0718. The van der Waals surface area contributed by atoms with Crippen molar-refractivity contribution in [3.8, 4) is 33.8 Å². The van der Waals surface area contributed by atoms with Crippen LogP contribution in [0.2, 0.25) is 0 Å². The predicted molar refractivity (Wildman–Crippen MR) is 189 cm³/mol. The standard InChI is InChI=1S/C10H8BrFN2.C9H6BrFN2.C9H7FN2.CH3I.BHNS/c1-14-6-9(11)10(13-14)7-2-4-8(12)5-3-7;10-8-5-12-13-9(8)6-1-3-7(11)4-2-6;10-8-3-1-7(2-4-8)9-5-6-11-12-9;1-2;1-2-3/h2-6H,1H3;1-5H,(H,12,13);1-6H,(H,11,12);1H3;3H. The number of benzene rings is 3. The third kappa shape index (κ3) is 12.2. The Morgan fingerprint density at radius 1 is 0.750 bits per heavy atom. The molecule has 6 aromatic rings. The summed E-state index contributed by atoms with van der Waals surface area (Å²) in [5.74, 6) is -0.696. The van der Waals surface area contributed by atoms with Gasteiger partial charge in [-0.3, -0.25) is 14.9 Å². The molecule has 44 heavy (non-hydrogen) atoms. The van der Waals surface area contributed by atoms with E-state index in [4.69, 9.17) is 0 Å². The summed E-state index contributed by atoms with van der Waals surface area (Å²) in [6, 6.07) is 20.6. The van der Waals surface area contributed by atoms with E-state index >= 15 is 0 Å². The van der Waals surface area contributed by atoms with Gasteiger partial charge in [-0.2, -0.15) is 15.3 Å². The maximum atomic E-state index is 12.7. The summed E-state index contributed by atoms with van der Waals surface area (Å²) in [5, 5.41) is 17.5. The molecule has 0 fully saturated rings. The molecule has 3 aromatic carbocycles. The SMILES string of the molecule is CI.Cn1cc(Br)c(-c2ccc(F)cc2)n1.Fc1ccc(-c2[nH]ncc2Br)cc1.Fc1ccc(-c2ccn[nH]2)cc1.[B]=NS. The minimum absolute atomic E-state index is 0.224. The monoisotopic (exact) mass is 856 g/mol. The van der Waals surface area contributed by atoms with E-state index in [0.29, 0.717) is 0 Å². The summed E-state index contributed by atoms with van der Waals surface area (Å²) in [6.45, 7) is 0. The third-order valence-electron chi connectivity index (χ3n) is 5.28. The average Bonchev–Trinajstić information content (AvgIpc) is 3.79. The number of rotatable bonds is 3. The van der Waals surface area contributed by atoms with Gasteiger partial charge in [-0.25, -0.2) is 13.2 Å². The van der Waals surface area contributed by atoms with Gasteiger partial charge in [-0.05, 0) is 121 Å². The summed E-state index contributed by atoms with van der Waals surface area (Å²) in [5.41, 5.74) is 5.33. The second-order valence-electron chi connectivity index (χ2n) is 8.20. The molecule has 0 saturated heterocycles. The predicted octanol–water partition coefficient (Wildman–Crippen LogP) is 9.42. The minimum atomic E-state index is -0.237. The molecule has 0 aliphatic heterocycles. The van der Waals surface area contributed by atoms with Gasteiger partial charge in [0.15, 0.2) is 0 Å². The number of nitrogens with one attached hydrogen (secondary N) is 2. The van der Waals surface area contributed by atoms with Gasteiger partial charge in [0.25, 0.3) is 0 Å². The zero-order chi connectivity index (χ0) is 32.5. The van der Waals surface area contributed by atoms with Gasteiger partial charge in [-0.1, -0.05) is 22.6 Å². The van der Waals surface area contributed by atoms with Gasteiger partial charge in [0.05, 0.1) is 26.5 Å². The summed E-state index contributed by atoms with van der Waals surface area (Å²) < 4.78 is 44.0. The van der Waals surface area contributed by atoms with Crippen molar-refractivity contribution >= 4 is 74.9 Å². The average molecular weight is 858 g/mol. The Hall–Kier alpha value is -3.02. The Kier molecular flexibility index (Phi) is 17.0. The molecule has 0 saturated carbocycles. The van der Waals surface area contributed by atoms with E-state index in [1.165, 1.54) is 36.4 Å². The number of halogens is 6. The molecule has 0 amide bonds. The molecule has 0 unspecified atom stereocenters. The van der Waals surface area contributed by atoms with Crippen LogP contribution in [0.4, 0.5) is 13.2 Å². The van der Waals surface area contributed by atoms with E-state index in [9.17, 15) is 13.2 Å². The van der Waals surface area contributed by atoms with Crippen LogP contribution in [-0.4, -0.2) is 42.7 Å². The van der Waals surface area contributed by atoms with E-state index in [1.54, 1.807) is 53.5 Å². The first-order valence-electron chi connectivity index (χ1n) is 12.3. The first-order chi connectivity index (χ1) is 21.2. The first kappa shape index (κ1) is 37.2. The molecule has 3 aromatic heterocycles. The van der Waals surface area contributed by atoms with Crippen LogP contribution in [0, 0.1) is 17.5 Å². The topological polar surface area (TPSA) is 87.5 Å². The van der Waals surface area contributed by atoms with Gasteiger partial charge in [-0.15, -0.1) is 0 Å². The van der Waals surface area contributed by atoms with Crippen LogP contribution in [0.15, 0.2) is 111 Å². The van der Waals surface area contributed by atoms with Gasteiger partial charge in [0, 0.05) is 30.6 Å². The number of hydrogen-bond donors (Lipinski definition) is 3. The Bertz CT molecular complexity index is 1670. The van der Waals surface area contributed by atoms with Crippen molar-refractivity contribution in [1.82, 2.24) is 30.2 Å². The van der Waals surface area contributed by atoms with Crippen molar-refractivity contribution in [2.45, 2.75) is 0 Å². The summed E-state index contributed by atoms with van der Waals surface area (Å²) in [7, 11) is 6.18. The van der Waals surface area contributed by atoms with Crippen LogP contribution in [-0.2, 0) is 7.05 Å². The Morgan fingerprint density at radius 2 is 1.23 bits per heavy atom. The molecule has 15 heteroatoms. The van der Waals surface area contributed by atoms with Crippen molar-refractivity contribution in [2.24, 2.45) is 11.3 Å². The number of H-pyrrole nitrogens is 2. The number of hydrogen-bond acceptors (Lipinski definition) is 5. The molecule has 0 atom stereocenters. The molecule has 1 radical (unpaired) electrons. The number of aromatic amines is 2. The Labute approximate surface area is 290 Å². The van der Waals surface area contributed by atoms with E-state index < -0.39 is 0 Å². The number of aromatic nitrogens is 6. The van der Waals surface area contributed by atoms with Crippen LogP contribution in [0.25, 0.3) is 33.8 Å². The molecule has 0 aliphatic rings. The van der Waals surface area contributed by atoms with E-state index in [2.05, 4.69) is 105 Å². The molecule has 0 spiro atoms. The zero-order valence-corrected chi connectivity index (χ0v) is 29.5. The number of thiol groups is 1. The van der Waals surface area contributed by atoms with Crippen LogP contribution in [0.1, 0.15) is 0 Å². The van der Waals surface area contributed by atoms with Crippen LogP contribution >= 0.6 is 67.3 Å². The van der Waals surface area contributed by atoms with Gasteiger partial charge < -0.3 is 0 Å². The van der Waals surface area contributed by atoms with E-state index in [-0.39, 0.29) is 17.5 Å². The fourth-order valence-electron chi connectivity index (χ4n) is 3.40. The van der Waals surface area contributed by atoms with Crippen molar-refractivity contribution in [3.05, 3.63) is 124 Å². The van der Waals surface area contributed by atoms with Crippen molar-refractivity contribution in [1.29, 1.82) is 0 Å². The van der Waals surface area contributed by atoms with Crippen LogP contribution < -0.4 is 0 Å². The molecule has 0 bridgehead atoms. The third-order valence-corrected chi connectivity index (χ3v) is 6.47. The van der Waals surface area contributed by atoms with E-state index in [0.717, 1.165) is 42.7 Å². The summed E-state index contributed by atoms with van der Waals surface area (Å²) in [4.78, 5) is 1.97. The normalized spacial score (nSPS) is 9.55. The number of nitrogens with zero attached hydrogens (tertiary/aromatic N) is 5. The second-order valence-corrected chi connectivity index (χ2v) is 10.1. The second kappa shape index (κ2) is 20.1. The fraction of sp³-hybridized carbons (Fsp3) is 0.0690. The zero-order valence-electron chi connectivity index (χ0n) is 23.3. The molecule has 3 heterocycles. The molecule has 6 rings (SSSR count). The molecular formula is C29H25BBr2F3IN7S. The molecule has 7 nitrogen and oxygen atoms in total. The Morgan fingerprint density at radius 3 is 1.61 bits per heavy atom. The molecule has 2 N–H and O–H groups in total. The number of alkyl halides is 1. The molecule has 0 aliphatic carbocycles. The molecule has 227 valence electrons. The summed E-state index contributed by atoms with van der Waals surface area (Å²) in [6.07, 6.45) is 5.19. The van der Waals surface area contributed by atoms with Crippen molar-refractivity contribution < 1.29 is 13.2 Å². The van der Waals surface area contributed by atoms with Crippen molar-refractivity contribution in [3.63, 3.8) is 0 Å². The van der Waals surface area contributed by atoms with Gasteiger partial charge >= 0.3 is 24.8 Å². The van der Waals surface area contributed by atoms with E-state index in [1.807, 2.05) is 24.2 Å². The fourth-order valence-corrected chi connectivity index (χ4v) is 4.42.